The van der Waals surface area contributed by atoms with E-state index in [0.717, 1.165) is 65.7 Å². The van der Waals surface area contributed by atoms with Crippen molar-refractivity contribution in [3.8, 4) is 22.6 Å². The topological polar surface area (TPSA) is 111 Å². The third kappa shape index (κ3) is 2.85. The van der Waals surface area contributed by atoms with Gasteiger partial charge in [-0.1, -0.05) is 6.07 Å². The van der Waals surface area contributed by atoms with Crippen molar-refractivity contribution in [2.75, 3.05) is 25.0 Å². The fourth-order valence-corrected chi connectivity index (χ4v) is 5.67. The maximum Gasteiger partial charge on any atom is 0.249 e. The van der Waals surface area contributed by atoms with Crippen molar-refractivity contribution in [1.29, 1.82) is 0 Å². The van der Waals surface area contributed by atoms with Gasteiger partial charge in [0.1, 0.15) is 34.7 Å². The van der Waals surface area contributed by atoms with Gasteiger partial charge in [0.05, 0.1) is 17.8 Å². The number of amides is 1. The van der Waals surface area contributed by atoms with E-state index in [2.05, 4.69) is 47.7 Å². The van der Waals surface area contributed by atoms with Crippen LogP contribution >= 0.6 is 0 Å². The predicted molar refractivity (Wildman–Crippen MR) is 133 cm³/mol. The summed E-state index contributed by atoms with van der Waals surface area (Å²) in [5.74, 6) is 1.46. The van der Waals surface area contributed by atoms with Crippen LogP contribution in [0.2, 0.25) is 0 Å². The number of carbonyl (C=O) groups excluding carboxylic acids is 1. The third-order valence-electron chi connectivity index (χ3n) is 7.95. The van der Waals surface area contributed by atoms with E-state index >= 15 is 0 Å². The molecule has 0 aliphatic carbocycles. The Labute approximate surface area is 207 Å². The number of carbonyl (C=O) groups is 1. The van der Waals surface area contributed by atoms with E-state index in [4.69, 9.17) is 9.72 Å². The summed E-state index contributed by atoms with van der Waals surface area (Å²) in [5, 5.41) is 3.08. The zero-order valence-electron chi connectivity index (χ0n) is 20.4. The van der Waals surface area contributed by atoms with E-state index in [0.29, 0.717) is 17.9 Å². The van der Waals surface area contributed by atoms with Gasteiger partial charge in [0, 0.05) is 55.3 Å². The smallest absolute Gasteiger partial charge is 0.249 e. The SMILES string of the molecule is CCn1c(-c2cnc(C)nc2)nc2c(-c3ccc4c(c3)[C@](C)(N3CC5(CCO5)C3)C(=O)N4)ncnc21. The second-order valence-electron chi connectivity index (χ2n) is 10.0. The number of hydrogen-bond donors (Lipinski definition) is 1. The minimum Gasteiger partial charge on any atom is -0.372 e. The van der Waals surface area contributed by atoms with Crippen LogP contribution in [0.4, 0.5) is 5.69 Å². The van der Waals surface area contributed by atoms with E-state index in [-0.39, 0.29) is 11.5 Å². The Morgan fingerprint density at radius 3 is 2.58 bits per heavy atom. The summed E-state index contributed by atoms with van der Waals surface area (Å²) in [5.41, 5.74) is 4.88. The van der Waals surface area contributed by atoms with Gasteiger partial charge in [0.2, 0.25) is 5.91 Å². The summed E-state index contributed by atoms with van der Waals surface area (Å²) in [7, 11) is 0. The molecule has 1 spiro atoms. The molecule has 4 aromatic rings. The Kier molecular flexibility index (Phi) is 4.41. The molecular weight excluding hydrogens is 456 g/mol. The van der Waals surface area contributed by atoms with Gasteiger partial charge in [-0.15, -0.1) is 0 Å². The number of nitrogens with zero attached hydrogens (tertiary/aromatic N) is 7. The maximum atomic E-state index is 13.2. The Morgan fingerprint density at radius 1 is 1.11 bits per heavy atom. The molecule has 1 N–H and O–H groups in total. The molecule has 3 aliphatic rings. The lowest BCUT2D eigenvalue weighted by atomic mass is 9.79. The molecule has 3 aromatic heterocycles. The molecule has 1 aromatic carbocycles. The van der Waals surface area contributed by atoms with Gasteiger partial charge in [0.25, 0.3) is 0 Å². The van der Waals surface area contributed by atoms with Crippen LogP contribution in [0.15, 0.2) is 36.9 Å². The van der Waals surface area contributed by atoms with E-state index in [1.807, 2.05) is 26.0 Å². The van der Waals surface area contributed by atoms with Crippen LogP contribution in [-0.2, 0) is 21.6 Å². The van der Waals surface area contributed by atoms with Crippen molar-refractivity contribution in [2.45, 2.75) is 44.9 Å². The highest BCUT2D eigenvalue weighted by Gasteiger charge is 2.59. The quantitative estimate of drug-likeness (QED) is 0.473. The summed E-state index contributed by atoms with van der Waals surface area (Å²) in [4.78, 5) is 38.2. The number of ether oxygens (including phenoxy) is 1. The number of aryl methyl sites for hydroxylation is 2. The van der Waals surface area contributed by atoms with Crippen LogP contribution in [-0.4, -0.2) is 65.6 Å². The van der Waals surface area contributed by atoms with Gasteiger partial charge in [-0.3, -0.25) is 9.69 Å². The van der Waals surface area contributed by atoms with Gasteiger partial charge < -0.3 is 14.6 Å². The molecule has 6 heterocycles. The molecule has 2 fully saturated rings. The Hall–Kier alpha value is -3.76. The molecule has 2 saturated heterocycles. The zero-order chi connectivity index (χ0) is 24.7. The molecule has 0 bridgehead atoms. The Morgan fingerprint density at radius 2 is 1.89 bits per heavy atom. The first-order valence-corrected chi connectivity index (χ1v) is 12.3. The second-order valence-corrected chi connectivity index (χ2v) is 10.0. The zero-order valence-corrected chi connectivity index (χ0v) is 20.4. The van der Waals surface area contributed by atoms with Crippen molar-refractivity contribution < 1.29 is 9.53 Å². The lowest BCUT2D eigenvalue weighted by Crippen LogP contribution is -2.73. The van der Waals surface area contributed by atoms with Crippen molar-refractivity contribution in [3.63, 3.8) is 0 Å². The number of anilines is 1. The summed E-state index contributed by atoms with van der Waals surface area (Å²) in [6.45, 7) is 8.95. The first kappa shape index (κ1) is 21.5. The number of hydrogen-bond acceptors (Lipinski definition) is 8. The van der Waals surface area contributed by atoms with Crippen molar-refractivity contribution in [1.82, 2.24) is 34.4 Å². The third-order valence-corrected chi connectivity index (χ3v) is 7.95. The van der Waals surface area contributed by atoms with Crippen molar-refractivity contribution >= 4 is 22.8 Å². The Bertz CT molecular complexity index is 1530. The van der Waals surface area contributed by atoms with Crippen LogP contribution in [0.5, 0.6) is 0 Å². The van der Waals surface area contributed by atoms with Gasteiger partial charge in [-0.05, 0) is 32.9 Å². The molecule has 1 atom stereocenters. The molecule has 10 heteroatoms. The van der Waals surface area contributed by atoms with Crippen LogP contribution in [0.3, 0.4) is 0 Å². The fraction of sp³-hybridized carbons (Fsp3) is 0.385. The number of aromatic nitrogens is 6. The number of likely N-dealkylation sites (tertiary alicyclic amines) is 1. The predicted octanol–water partition coefficient (Wildman–Crippen LogP) is 2.92. The second kappa shape index (κ2) is 7.37. The number of benzene rings is 1. The van der Waals surface area contributed by atoms with Gasteiger partial charge >= 0.3 is 0 Å². The molecule has 1 amide bonds. The van der Waals surface area contributed by atoms with Crippen LogP contribution in [0.1, 0.15) is 31.7 Å². The molecule has 3 aliphatic heterocycles. The van der Waals surface area contributed by atoms with Crippen LogP contribution in [0.25, 0.3) is 33.8 Å². The summed E-state index contributed by atoms with van der Waals surface area (Å²) >= 11 is 0. The molecule has 10 nitrogen and oxygen atoms in total. The fourth-order valence-electron chi connectivity index (χ4n) is 5.67. The van der Waals surface area contributed by atoms with Gasteiger partial charge in [-0.2, -0.15) is 0 Å². The first-order chi connectivity index (χ1) is 17.4. The highest BCUT2D eigenvalue weighted by Crippen LogP contribution is 2.48. The van der Waals surface area contributed by atoms with E-state index < -0.39 is 5.54 Å². The number of nitrogens with one attached hydrogen (secondary N) is 1. The largest absolute Gasteiger partial charge is 0.372 e. The highest BCUT2D eigenvalue weighted by molar-refractivity contribution is 6.06. The van der Waals surface area contributed by atoms with E-state index in [1.54, 1.807) is 18.7 Å². The number of fused-ring (bicyclic) bond motifs is 2. The molecule has 7 rings (SSSR count). The number of rotatable bonds is 4. The first-order valence-electron chi connectivity index (χ1n) is 12.3. The van der Waals surface area contributed by atoms with Gasteiger partial charge in [-0.25, -0.2) is 24.9 Å². The van der Waals surface area contributed by atoms with Gasteiger partial charge in [0.15, 0.2) is 5.65 Å². The molecule has 182 valence electrons. The average molecular weight is 483 g/mol. The van der Waals surface area contributed by atoms with Crippen molar-refractivity contribution in [3.05, 3.63) is 48.3 Å². The summed E-state index contributed by atoms with van der Waals surface area (Å²) in [6, 6.07) is 6.02. The van der Waals surface area contributed by atoms with E-state index in [9.17, 15) is 4.79 Å². The molecule has 0 saturated carbocycles. The summed E-state index contributed by atoms with van der Waals surface area (Å²) in [6.07, 6.45) is 6.20. The van der Waals surface area contributed by atoms with Crippen LogP contribution in [0, 0.1) is 6.92 Å². The molecule has 0 radical (unpaired) electrons. The normalized spacial score (nSPS) is 22.4. The monoisotopic (exact) mass is 482 g/mol. The van der Waals surface area contributed by atoms with E-state index in [1.165, 1.54) is 0 Å². The van der Waals surface area contributed by atoms with Crippen LogP contribution < -0.4 is 5.32 Å². The summed E-state index contributed by atoms with van der Waals surface area (Å²) < 4.78 is 7.86. The standard InChI is InChI=1S/C26H26N8O2/c1-4-34-22(17-10-27-15(2)28-11-17)32-21-20(29-14-30-23(21)34)16-5-6-19-18(9-16)25(3,24(35)31-19)33-12-26(13-33)7-8-36-26/h5-6,9-11,14H,4,7-8,12-13H2,1-3H3,(H,31,35)/t25-/m0/s1. The van der Waals surface area contributed by atoms with Crippen molar-refractivity contribution in [2.24, 2.45) is 0 Å². The minimum atomic E-state index is -0.755. The lowest BCUT2D eigenvalue weighted by Gasteiger charge is -2.59. The number of imidazole rings is 1. The Balaban J connectivity index is 1.33. The minimum absolute atomic E-state index is 0.00595. The lowest BCUT2D eigenvalue weighted by molar-refractivity contribution is -0.239. The highest BCUT2D eigenvalue weighted by atomic mass is 16.5. The maximum absolute atomic E-state index is 13.2. The molecular formula is C26H26N8O2. The molecule has 36 heavy (non-hydrogen) atoms. The molecule has 0 unspecified atom stereocenters. The average Bonchev–Trinajstić information content (AvgIpc) is 3.32.